The van der Waals surface area contributed by atoms with Gasteiger partial charge in [0, 0.05) is 31.0 Å². The van der Waals surface area contributed by atoms with Gasteiger partial charge in [0.25, 0.3) is 0 Å². The fourth-order valence-corrected chi connectivity index (χ4v) is 1.67. The molecule has 3 heteroatoms. The molecule has 0 saturated heterocycles. The lowest BCUT2D eigenvalue weighted by molar-refractivity contribution is 0.685. The van der Waals surface area contributed by atoms with Crippen LogP contribution in [0, 0.1) is 0 Å². The summed E-state index contributed by atoms with van der Waals surface area (Å²) >= 11 is 0. The van der Waals surface area contributed by atoms with Crippen LogP contribution in [0.1, 0.15) is 46.0 Å². The van der Waals surface area contributed by atoms with Gasteiger partial charge in [-0.2, -0.15) is 0 Å². The first-order chi connectivity index (χ1) is 8.36. The van der Waals surface area contributed by atoms with Gasteiger partial charge in [-0.15, -0.1) is 0 Å². The molecule has 0 aliphatic carbocycles. The van der Waals surface area contributed by atoms with Crippen LogP contribution in [-0.4, -0.2) is 18.1 Å². The number of nitrogens with one attached hydrogen (secondary N) is 2. The zero-order valence-corrected chi connectivity index (χ0v) is 11.1. The van der Waals surface area contributed by atoms with E-state index in [1.807, 2.05) is 12.3 Å². The number of unbranched alkanes of at least 4 members (excludes halogenated alkanes) is 3. The topological polar surface area (TPSA) is 37.0 Å². The average molecular weight is 235 g/mol. The van der Waals surface area contributed by atoms with Crippen molar-refractivity contribution < 1.29 is 0 Å². The summed E-state index contributed by atoms with van der Waals surface area (Å²) in [6, 6.07) is 4.10. The van der Waals surface area contributed by atoms with Crippen molar-refractivity contribution in [3.63, 3.8) is 0 Å². The van der Waals surface area contributed by atoms with Crippen molar-refractivity contribution >= 4 is 11.5 Å². The molecule has 96 valence electrons. The first-order valence-electron chi connectivity index (χ1n) is 6.80. The molecule has 0 saturated carbocycles. The molecule has 1 heterocycles. The quantitative estimate of drug-likeness (QED) is 0.637. The Labute approximate surface area is 105 Å². The monoisotopic (exact) mass is 235 g/mol. The molecule has 1 aromatic heterocycles. The lowest BCUT2D eigenvalue weighted by Crippen LogP contribution is -2.04. The fourth-order valence-electron chi connectivity index (χ4n) is 1.67. The third-order valence-corrected chi connectivity index (χ3v) is 2.68. The maximum atomic E-state index is 4.28. The number of nitrogens with zero attached hydrogens (tertiary/aromatic N) is 1. The van der Waals surface area contributed by atoms with Crippen molar-refractivity contribution in [2.45, 2.75) is 46.0 Å². The van der Waals surface area contributed by atoms with E-state index in [0.29, 0.717) is 0 Å². The standard InChI is InChI=1S/C14H25N3/c1-3-5-6-7-10-15-13-8-11-17-14(12-13)16-9-4-2/h8,11-12H,3-7,9-10H2,1-2H3,(H2,15,16,17). The van der Waals surface area contributed by atoms with Crippen molar-refractivity contribution in [2.75, 3.05) is 23.7 Å². The number of pyridine rings is 1. The van der Waals surface area contributed by atoms with Gasteiger partial charge in [0.15, 0.2) is 0 Å². The second kappa shape index (κ2) is 8.85. The molecular formula is C14H25N3. The van der Waals surface area contributed by atoms with Gasteiger partial charge in [-0.1, -0.05) is 33.1 Å². The van der Waals surface area contributed by atoms with Crippen molar-refractivity contribution in [3.8, 4) is 0 Å². The molecule has 0 amide bonds. The minimum atomic E-state index is 0.963. The lowest BCUT2D eigenvalue weighted by Gasteiger charge is -2.08. The van der Waals surface area contributed by atoms with E-state index in [-0.39, 0.29) is 0 Å². The van der Waals surface area contributed by atoms with Crippen molar-refractivity contribution in [3.05, 3.63) is 18.3 Å². The van der Waals surface area contributed by atoms with Gasteiger partial charge >= 0.3 is 0 Å². The Kier molecular flexibility index (Phi) is 7.19. The third-order valence-electron chi connectivity index (χ3n) is 2.68. The first kappa shape index (κ1) is 13.8. The zero-order chi connectivity index (χ0) is 12.3. The predicted molar refractivity (Wildman–Crippen MR) is 75.6 cm³/mol. The van der Waals surface area contributed by atoms with Crippen LogP contribution in [0.5, 0.6) is 0 Å². The zero-order valence-electron chi connectivity index (χ0n) is 11.1. The second-order valence-corrected chi connectivity index (χ2v) is 4.34. The van der Waals surface area contributed by atoms with Gasteiger partial charge < -0.3 is 10.6 Å². The van der Waals surface area contributed by atoms with E-state index in [9.17, 15) is 0 Å². The maximum Gasteiger partial charge on any atom is 0.127 e. The molecule has 0 fully saturated rings. The molecule has 0 unspecified atom stereocenters. The first-order valence-corrected chi connectivity index (χ1v) is 6.80. The molecular weight excluding hydrogens is 210 g/mol. The van der Waals surface area contributed by atoms with Crippen LogP contribution in [-0.2, 0) is 0 Å². The molecule has 0 radical (unpaired) electrons. The number of hydrogen-bond donors (Lipinski definition) is 2. The molecule has 0 aliphatic heterocycles. The summed E-state index contributed by atoms with van der Waals surface area (Å²) < 4.78 is 0. The number of aromatic nitrogens is 1. The molecule has 1 aromatic rings. The summed E-state index contributed by atoms with van der Waals surface area (Å²) in [7, 11) is 0. The van der Waals surface area contributed by atoms with Gasteiger partial charge in [-0.25, -0.2) is 4.98 Å². The number of rotatable bonds is 9. The largest absolute Gasteiger partial charge is 0.385 e. The minimum Gasteiger partial charge on any atom is -0.385 e. The van der Waals surface area contributed by atoms with E-state index >= 15 is 0 Å². The van der Waals surface area contributed by atoms with E-state index in [4.69, 9.17) is 0 Å². The summed E-state index contributed by atoms with van der Waals surface area (Å²) in [6.07, 6.45) is 8.16. The molecule has 0 aromatic carbocycles. The van der Waals surface area contributed by atoms with Gasteiger partial charge in [0.1, 0.15) is 5.82 Å². The summed E-state index contributed by atoms with van der Waals surface area (Å²) in [5.41, 5.74) is 1.16. The fraction of sp³-hybridized carbons (Fsp3) is 0.643. The average Bonchev–Trinajstić information content (AvgIpc) is 2.37. The van der Waals surface area contributed by atoms with Crippen LogP contribution in [0.2, 0.25) is 0 Å². The second-order valence-electron chi connectivity index (χ2n) is 4.34. The summed E-state index contributed by atoms with van der Waals surface area (Å²) in [5.74, 6) is 0.963. The summed E-state index contributed by atoms with van der Waals surface area (Å²) in [4.78, 5) is 4.28. The van der Waals surface area contributed by atoms with E-state index in [2.05, 4.69) is 35.5 Å². The molecule has 3 nitrogen and oxygen atoms in total. The lowest BCUT2D eigenvalue weighted by atomic mass is 10.2. The third kappa shape index (κ3) is 6.15. The molecule has 1 rings (SSSR count). The van der Waals surface area contributed by atoms with Crippen LogP contribution in [0.15, 0.2) is 18.3 Å². The molecule has 0 spiro atoms. The summed E-state index contributed by atoms with van der Waals surface area (Å²) in [5, 5.41) is 6.73. The number of hydrogen-bond acceptors (Lipinski definition) is 3. The van der Waals surface area contributed by atoms with Gasteiger partial charge in [0.05, 0.1) is 0 Å². The van der Waals surface area contributed by atoms with Crippen LogP contribution < -0.4 is 10.6 Å². The molecule has 17 heavy (non-hydrogen) atoms. The molecule has 0 atom stereocenters. The van der Waals surface area contributed by atoms with Crippen molar-refractivity contribution in [2.24, 2.45) is 0 Å². The molecule has 2 N–H and O–H groups in total. The Balaban J connectivity index is 2.27. The van der Waals surface area contributed by atoms with Crippen molar-refractivity contribution in [1.82, 2.24) is 4.98 Å². The van der Waals surface area contributed by atoms with E-state index < -0.39 is 0 Å². The molecule has 0 bridgehead atoms. The highest BCUT2D eigenvalue weighted by molar-refractivity contribution is 5.51. The Bertz CT molecular complexity index is 299. The highest BCUT2D eigenvalue weighted by Gasteiger charge is 1.95. The maximum absolute atomic E-state index is 4.28. The normalized spacial score (nSPS) is 10.2. The van der Waals surface area contributed by atoms with Crippen LogP contribution in [0.4, 0.5) is 11.5 Å². The summed E-state index contributed by atoms with van der Waals surface area (Å²) in [6.45, 7) is 6.43. The van der Waals surface area contributed by atoms with Gasteiger partial charge in [-0.3, -0.25) is 0 Å². The molecule has 0 aliphatic rings. The SMILES string of the molecule is CCCCCCNc1ccnc(NCCC)c1. The number of anilines is 2. The highest BCUT2D eigenvalue weighted by Crippen LogP contribution is 2.12. The smallest absolute Gasteiger partial charge is 0.127 e. The highest BCUT2D eigenvalue weighted by atomic mass is 15.0. The van der Waals surface area contributed by atoms with Gasteiger partial charge in [-0.05, 0) is 18.9 Å². The Hall–Kier alpha value is -1.25. The van der Waals surface area contributed by atoms with E-state index in [1.54, 1.807) is 0 Å². The van der Waals surface area contributed by atoms with Gasteiger partial charge in [0.2, 0.25) is 0 Å². The van der Waals surface area contributed by atoms with Crippen LogP contribution in [0.3, 0.4) is 0 Å². The van der Waals surface area contributed by atoms with E-state index in [0.717, 1.165) is 31.0 Å². The Morgan fingerprint density at radius 3 is 2.65 bits per heavy atom. The van der Waals surface area contributed by atoms with Crippen LogP contribution in [0.25, 0.3) is 0 Å². The van der Waals surface area contributed by atoms with Crippen molar-refractivity contribution in [1.29, 1.82) is 0 Å². The Morgan fingerprint density at radius 1 is 1.00 bits per heavy atom. The van der Waals surface area contributed by atoms with E-state index in [1.165, 1.54) is 25.7 Å². The minimum absolute atomic E-state index is 0.963. The Morgan fingerprint density at radius 2 is 1.88 bits per heavy atom. The predicted octanol–water partition coefficient (Wildman–Crippen LogP) is 3.90. The van der Waals surface area contributed by atoms with Crippen LogP contribution >= 0.6 is 0 Å².